The summed E-state index contributed by atoms with van der Waals surface area (Å²) in [4.78, 5) is 11.6. The van der Waals surface area contributed by atoms with E-state index in [1.165, 1.54) is 10.4 Å². The Bertz CT molecular complexity index is 1040. The van der Waals surface area contributed by atoms with Crippen molar-refractivity contribution >= 4 is 33.3 Å². The summed E-state index contributed by atoms with van der Waals surface area (Å²) >= 11 is 3.37. The summed E-state index contributed by atoms with van der Waals surface area (Å²) in [7, 11) is 0. The number of thioether (sulfide) groups is 1. The van der Waals surface area contributed by atoms with Gasteiger partial charge in [-0.3, -0.25) is 0 Å². The van der Waals surface area contributed by atoms with E-state index < -0.39 is 0 Å². The molecule has 0 radical (unpaired) electrons. The summed E-state index contributed by atoms with van der Waals surface area (Å²) in [5.74, 6) is 2.23. The Kier molecular flexibility index (Phi) is 4.22. The molecule has 0 fully saturated rings. The van der Waals surface area contributed by atoms with E-state index in [2.05, 4.69) is 39.3 Å². The van der Waals surface area contributed by atoms with Crippen molar-refractivity contribution in [3.63, 3.8) is 0 Å². The maximum atomic E-state index is 4.66. The Morgan fingerprint density at radius 1 is 1.08 bits per heavy atom. The second-order valence-corrected chi connectivity index (χ2v) is 7.84. The zero-order valence-electron chi connectivity index (χ0n) is 14.1. The van der Waals surface area contributed by atoms with Crippen molar-refractivity contribution in [2.45, 2.75) is 31.6 Å². The largest absolute Gasteiger partial charge is 0.226 e. The van der Waals surface area contributed by atoms with E-state index in [9.17, 15) is 0 Å². The van der Waals surface area contributed by atoms with E-state index in [4.69, 9.17) is 0 Å². The number of tetrazole rings is 1. The zero-order valence-corrected chi connectivity index (χ0v) is 15.7. The molecule has 0 atom stereocenters. The molecule has 0 bridgehead atoms. The molecular weight excluding hydrogens is 352 g/mol. The van der Waals surface area contributed by atoms with Crippen LogP contribution >= 0.6 is 23.1 Å². The minimum atomic E-state index is 0.641. The second kappa shape index (κ2) is 6.53. The molecular formula is C17H16N6S2. The van der Waals surface area contributed by atoms with E-state index in [0.717, 1.165) is 32.6 Å². The van der Waals surface area contributed by atoms with Gasteiger partial charge in [0.1, 0.15) is 15.7 Å². The van der Waals surface area contributed by atoms with E-state index in [1.54, 1.807) is 27.8 Å². The molecule has 4 aromatic rings. The van der Waals surface area contributed by atoms with Gasteiger partial charge in [-0.1, -0.05) is 30.0 Å². The Labute approximate surface area is 153 Å². The minimum Gasteiger partial charge on any atom is -0.226 e. The number of rotatable bonds is 4. The molecule has 3 aromatic heterocycles. The molecule has 126 valence electrons. The van der Waals surface area contributed by atoms with Gasteiger partial charge in [-0.05, 0) is 48.9 Å². The Hall–Kier alpha value is -2.32. The molecule has 3 heterocycles. The van der Waals surface area contributed by atoms with Crippen LogP contribution in [0.2, 0.25) is 0 Å². The molecule has 25 heavy (non-hydrogen) atoms. The average molecular weight is 368 g/mol. The molecule has 6 nitrogen and oxygen atoms in total. The summed E-state index contributed by atoms with van der Waals surface area (Å²) in [5.41, 5.74) is 2.21. The molecule has 0 saturated carbocycles. The van der Waals surface area contributed by atoms with Crippen molar-refractivity contribution in [2.75, 3.05) is 0 Å². The summed E-state index contributed by atoms with van der Waals surface area (Å²) in [6, 6.07) is 9.91. The first kappa shape index (κ1) is 16.2. The number of aromatic nitrogens is 6. The SMILES string of the molecule is Cc1nc(SCc2nnnn2-c2ccccc2)c2c(C)c(C)sc2n1. The fraction of sp³-hybridized carbons (Fsp3) is 0.235. The van der Waals surface area contributed by atoms with Crippen molar-refractivity contribution in [1.29, 1.82) is 0 Å². The minimum absolute atomic E-state index is 0.641. The first-order chi connectivity index (χ1) is 12.1. The summed E-state index contributed by atoms with van der Waals surface area (Å²) in [6.45, 7) is 6.19. The molecule has 0 spiro atoms. The van der Waals surface area contributed by atoms with Crippen LogP contribution in [0.1, 0.15) is 22.1 Å². The monoisotopic (exact) mass is 368 g/mol. The third-order valence-corrected chi connectivity index (χ3v) is 6.05. The topological polar surface area (TPSA) is 69.4 Å². The van der Waals surface area contributed by atoms with E-state index >= 15 is 0 Å². The van der Waals surface area contributed by atoms with Crippen molar-refractivity contribution in [1.82, 2.24) is 30.2 Å². The molecule has 0 N–H and O–H groups in total. The number of aryl methyl sites for hydroxylation is 3. The predicted octanol–water partition coefficient (Wildman–Crippen LogP) is 3.88. The van der Waals surface area contributed by atoms with E-state index in [0.29, 0.717) is 5.75 Å². The van der Waals surface area contributed by atoms with Gasteiger partial charge < -0.3 is 0 Å². The standard InChI is InChI=1S/C17H16N6S2/c1-10-11(2)25-17-15(10)16(18-12(3)19-17)24-9-14-20-21-22-23(14)13-7-5-4-6-8-13/h4-8H,9H2,1-3H3. The lowest BCUT2D eigenvalue weighted by Crippen LogP contribution is -2.02. The van der Waals surface area contributed by atoms with Crippen molar-refractivity contribution in [3.8, 4) is 5.69 Å². The normalized spacial score (nSPS) is 11.3. The van der Waals surface area contributed by atoms with Crippen molar-refractivity contribution in [2.24, 2.45) is 0 Å². The van der Waals surface area contributed by atoms with Crippen LogP contribution in [0.15, 0.2) is 35.4 Å². The summed E-state index contributed by atoms with van der Waals surface area (Å²) < 4.78 is 1.77. The van der Waals surface area contributed by atoms with Gasteiger partial charge in [-0.2, -0.15) is 4.68 Å². The lowest BCUT2D eigenvalue weighted by Gasteiger charge is -2.06. The van der Waals surface area contributed by atoms with Crippen molar-refractivity contribution in [3.05, 3.63) is 52.4 Å². The maximum Gasteiger partial charge on any atom is 0.166 e. The Balaban J connectivity index is 1.67. The third-order valence-electron chi connectivity index (χ3n) is 3.98. The molecule has 0 aliphatic rings. The Morgan fingerprint density at radius 3 is 2.68 bits per heavy atom. The lowest BCUT2D eigenvalue weighted by atomic mass is 10.2. The number of fused-ring (bicyclic) bond motifs is 1. The number of benzene rings is 1. The quantitative estimate of drug-likeness (QED) is 0.402. The van der Waals surface area contributed by atoms with Gasteiger partial charge in [-0.15, -0.1) is 16.4 Å². The molecule has 0 aliphatic carbocycles. The summed E-state index contributed by atoms with van der Waals surface area (Å²) in [5, 5.41) is 14.3. The highest BCUT2D eigenvalue weighted by Gasteiger charge is 2.16. The van der Waals surface area contributed by atoms with Gasteiger partial charge in [0, 0.05) is 10.3 Å². The maximum absolute atomic E-state index is 4.66. The van der Waals surface area contributed by atoms with Crippen LogP contribution in [0.4, 0.5) is 0 Å². The first-order valence-electron chi connectivity index (χ1n) is 7.83. The van der Waals surface area contributed by atoms with Gasteiger partial charge >= 0.3 is 0 Å². The van der Waals surface area contributed by atoms with Gasteiger partial charge in [0.2, 0.25) is 0 Å². The molecule has 8 heteroatoms. The zero-order chi connectivity index (χ0) is 17.4. The Morgan fingerprint density at radius 2 is 1.88 bits per heavy atom. The molecule has 0 unspecified atom stereocenters. The average Bonchev–Trinajstić information content (AvgIpc) is 3.18. The van der Waals surface area contributed by atoms with E-state index in [1.807, 2.05) is 37.3 Å². The van der Waals surface area contributed by atoms with Crippen molar-refractivity contribution < 1.29 is 0 Å². The van der Waals surface area contributed by atoms with E-state index in [-0.39, 0.29) is 0 Å². The van der Waals surface area contributed by atoms with Gasteiger partial charge in [0.15, 0.2) is 5.82 Å². The third kappa shape index (κ3) is 3.03. The van der Waals surface area contributed by atoms with Crippen LogP contribution in [0.3, 0.4) is 0 Å². The number of hydrogen-bond donors (Lipinski definition) is 0. The number of thiophene rings is 1. The van der Waals surface area contributed by atoms with Gasteiger partial charge in [-0.25, -0.2) is 9.97 Å². The second-order valence-electron chi connectivity index (χ2n) is 5.67. The molecule has 0 saturated heterocycles. The number of nitrogens with zero attached hydrogens (tertiary/aromatic N) is 6. The van der Waals surface area contributed by atoms with Crippen LogP contribution < -0.4 is 0 Å². The molecule has 4 rings (SSSR count). The number of para-hydroxylation sites is 1. The smallest absolute Gasteiger partial charge is 0.166 e. The fourth-order valence-corrected chi connectivity index (χ4v) is 4.79. The van der Waals surface area contributed by atoms with Crippen LogP contribution in [0.5, 0.6) is 0 Å². The van der Waals surface area contributed by atoms with Crippen LogP contribution in [0, 0.1) is 20.8 Å². The van der Waals surface area contributed by atoms with Crippen LogP contribution in [-0.4, -0.2) is 30.2 Å². The van der Waals surface area contributed by atoms with Crippen LogP contribution in [0.25, 0.3) is 15.9 Å². The highest BCUT2D eigenvalue weighted by atomic mass is 32.2. The predicted molar refractivity (Wildman–Crippen MR) is 100 cm³/mol. The van der Waals surface area contributed by atoms with Gasteiger partial charge in [0.25, 0.3) is 0 Å². The lowest BCUT2D eigenvalue weighted by molar-refractivity contribution is 0.777. The molecule has 0 amide bonds. The molecule has 0 aliphatic heterocycles. The highest BCUT2D eigenvalue weighted by Crippen LogP contribution is 2.36. The number of hydrogen-bond acceptors (Lipinski definition) is 7. The highest BCUT2D eigenvalue weighted by molar-refractivity contribution is 7.98. The van der Waals surface area contributed by atoms with Crippen LogP contribution in [-0.2, 0) is 5.75 Å². The first-order valence-corrected chi connectivity index (χ1v) is 9.63. The fourth-order valence-electron chi connectivity index (χ4n) is 2.62. The molecule has 1 aromatic carbocycles. The summed E-state index contributed by atoms with van der Waals surface area (Å²) in [6.07, 6.45) is 0. The van der Waals surface area contributed by atoms with Gasteiger partial charge in [0.05, 0.1) is 11.4 Å².